The van der Waals surface area contributed by atoms with Crippen LogP contribution in [0.4, 0.5) is 5.82 Å². The molecule has 0 atom stereocenters. The van der Waals surface area contributed by atoms with E-state index in [2.05, 4.69) is 14.7 Å². The van der Waals surface area contributed by atoms with Gasteiger partial charge in [0.2, 0.25) is 10.0 Å². The summed E-state index contributed by atoms with van der Waals surface area (Å²) in [5.41, 5.74) is 0. The highest BCUT2D eigenvalue weighted by atomic mass is 35.5. The number of primary sulfonamides is 1. The van der Waals surface area contributed by atoms with Crippen molar-refractivity contribution in [3.63, 3.8) is 0 Å². The first-order chi connectivity index (χ1) is 9.68. The Hall–Kier alpha value is -1.75. The second-order valence-corrected chi connectivity index (χ2v) is 7.48. The largest absolute Gasteiger partial charge is 0.263 e. The summed E-state index contributed by atoms with van der Waals surface area (Å²) in [5, 5.41) is 5.06. The predicted octanol–water partition coefficient (Wildman–Crippen LogP) is 0.578. The summed E-state index contributed by atoms with van der Waals surface area (Å²) in [6.07, 6.45) is 2.30. The zero-order chi connectivity index (χ0) is 15.7. The zero-order valence-corrected chi connectivity index (χ0v) is 12.7. The van der Waals surface area contributed by atoms with Gasteiger partial charge in [-0.05, 0) is 18.2 Å². The Morgan fingerprint density at radius 2 is 1.71 bits per heavy atom. The summed E-state index contributed by atoms with van der Waals surface area (Å²) in [7, 11) is -8.03. The molecule has 112 valence electrons. The summed E-state index contributed by atoms with van der Waals surface area (Å²) >= 11 is 5.54. The Morgan fingerprint density at radius 3 is 2.29 bits per heavy atom. The molecule has 3 N–H and O–H groups in total. The van der Waals surface area contributed by atoms with Gasteiger partial charge < -0.3 is 0 Å². The number of hydrogen-bond donors (Lipinski definition) is 2. The van der Waals surface area contributed by atoms with Crippen LogP contribution in [0.15, 0.2) is 46.5 Å². The molecule has 1 aromatic heterocycles. The second-order valence-electron chi connectivity index (χ2n) is 3.85. The number of sulfonamides is 2. The Balaban J connectivity index is 2.38. The van der Waals surface area contributed by atoms with Crippen LogP contribution in [-0.4, -0.2) is 26.8 Å². The SMILES string of the molecule is NS(=O)(=O)c1cccc(S(=O)(=O)Nc2cnc(Cl)cn2)c1. The summed E-state index contributed by atoms with van der Waals surface area (Å²) in [5.74, 6) is -0.0552. The molecule has 21 heavy (non-hydrogen) atoms. The van der Waals surface area contributed by atoms with Crippen LogP contribution in [-0.2, 0) is 20.0 Å². The third-order valence-electron chi connectivity index (χ3n) is 2.30. The lowest BCUT2D eigenvalue weighted by atomic mass is 10.4. The highest BCUT2D eigenvalue weighted by Gasteiger charge is 2.18. The number of nitrogens with zero attached hydrogens (tertiary/aromatic N) is 2. The first-order valence-electron chi connectivity index (χ1n) is 5.32. The first kappa shape index (κ1) is 15.6. The van der Waals surface area contributed by atoms with Crippen LogP contribution in [0.25, 0.3) is 0 Å². The van der Waals surface area contributed by atoms with Gasteiger partial charge in [0, 0.05) is 0 Å². The Labute approximate surface area is 126 Å². The monoisotopic (exact) mass is 348 g/mol. The van der Waals surface area contributed by atoms with Crippen molar-refractivity contribution in [1.82, 2.24) is 9.97 Å². The number of halogens is 1. The molecule has 11 heteroatoms. The maximum atomic E-state index is 12.1. The molecular formula is C10H9ClN4O4S2. The van der Waals surface area contributed by atoms with Crippen molar-refractivity contribution in [3.05, 3.63) is 41.8 Å². The maximum Gasteiger partial charge on any atom is 0.263 e. The minimum Gasteiger partial charge on any atom is -0.262 e. The molecule has 0 amide bonds. The van der Waals surface area contributed by atoms with Gasteiger partial charge in [0.25, 0.3) is 10.0 Å². The first-order valence-corrected chi connectivity index (χ1v) is 8.72. The smallest absolute Gasteiger partial charge is 0.262 e. The van der Waals surface area contributed by atoms with Gasteiger partial charge in [0.15, 0.2) is 5.82 Å². The van der Waals surface area contributed by atoms with E-state index >= 15 is 0 Å². The number of rotatable bonds is 4. The van der Waals surface area contributed by atoms with Gasteiger partial charge in [0.05, 0.1) is 22.2 Å². The molecule has 0 saturated carbocycles. The van der Waals surface area contributed by atoms with Gasteiger partial charge in [-0.2, -0.15) is 0 Å². The van der Waals surface area contributed by atoms with E-state index < -0.39 is 20.0 Å². The number of aromatic nitrogens is 2. The Kier molecular flexibility index (Phi) is 4.14. The van der Waals surface area contributed by atoms with Crippen molar-refractivity contribution in [1.29, 1.82) is 0 Å². The molecular weight excluding hydrogens is 340 g/mol. The third-order valence-corrected chi connectivity index (χ3v) is 4.76. The average molecular weight is 349 g/mol. The van der Waals surface area contributed by atoms with Crippen molar-refractivity contribution in [3.8, 4) is 0 Å². The van der Waals surface area contributed by atoms with E-state index in [9.17, 15) is 16.8 Å². The number of nitrogens with two attached hydrogens (primary N) is 1. The zero-order valence-electron chi connectivity index (χ0n) is 10.3. The van der Waals surface area contributed by atoms with Crippen LogP contribution in [0.3, 0.4) is 0 Å². The molecule has 0 aliphatic rings. The van der Waals surface area contributed by atoms with Crippen molar-refractivity contribution in [2.45, 2.75) is 9.79 Å². The van der Waals surface area contributed by atoms with E-state index in [0.717, 1.165) is 12.3 Å². The van der Waals surface area contributed by atoms with Gasteiger partial charge in [-0.25, -0.2) is 31.9 Å². The fraction of sp³-hybridized carbons (Fsp3) is 0. The third kappa shape index (κ3) is 3.88. The molecule has 0 aliphatic carbocycles. The van der Waals surface area contributed by atoms with Crippen molar-refractivity contribution in [2.75, 3.05) is 4.72 Å². The number of benzene rings is 1. The second kappa shape index (κ2) is 5.56. The van der Waals surface area contributed by atoms with Crippen molar-refractivity contribution in [2.24, 2.45) is 5.14 Å². The number of anilines is 1. The Morgan fingerprint density at radius 1 is 1.05 bits per heavy atom. The van der Waals surface area contributed by atoms with Crippen LogP contribution in [0.1, 0.15) is 0 Å². The fourth-order valence-electron chi connectivity index (χ4n) is 1.38. The molecule has 0 radical (unpaired) electrons. The normalized spacial score (nSPS) is 12.1. The fourth-order valence-corrected chi connectivity index (χ4v) is 3.15. The molecule has 1 aromatic carbocycles. The summed E-state index contributed by atoms with van der Waals surface area (Å²) in [6, 6.07) is 4.62. The standard InChI is InChI=1S/C10H9ClN4O4S2/c11-9-5-14-10(6-13-9)15-21(18,19)8-3-1-2-7(4-8)20(12,16)17/h1-6H,(H,14,15)(H2,12,16,17). The van der Waals surface area contributed by atoms with E-state index in [1.807, 2.05) is 0 Å². The van der Waals surface area contributed by atoms with E-state index in [-0.39, 0.29) is 20.8 Å². The highest BCUT2D eigenvalue weighted by molar-refractivity contribution is 7.92. The van der Waals surface area contributed by atoms with E-state index in [4.69, 9.17) is 16.7 Å². The van der Waals surface area contributed by atoms with Crippen LogP contribution in [0.2, 0.25) is 5.15 Å². The molecule has 0 aliphatic heterocycles. The van der Waals surface area contributed by atoms with Crippen LogP contribution in [0, 0.1) is 0 Å². The van der Waals surface area contributed by atoms with Gasteiger partial charge in [-0.3, -0.25) is 4.72 Å². The quantitative estimate of drug-likeness (QED) is 0.830. The molecule has 0 bridgehead atoms. The van der Waals surface area contributed by atoms with E-state index in [1.54, 1.807) is 0 Å². The molecule has 8 nitrogen and oxygen atoms in total. The summed E-state index contributed by atoms with van der Waals surface area (Å²) < 4.78 is 48.8. The van der Waals surface area contributed by atoms with Crippen LogP contribution >= 0.6 is 11.6 Å². The lowest BCUT2D eigenvalue weighted by Gasteiger charge is -2.08. The summed E-state index contributed by atoms with van der Waals surface area (Å²) in [6.45, 7) is 0. The van der Waals surface area contributed by atoms with Gasteiger partial charge in [-0.1, -0.05) is 17.7 Å². The minimum atomic E-state index is -4.02. The minimum absolute atomic E-state index is 0.0552. The topological polar surface area (TPSA) is 132 Å². The van der Waals surface area contributed by atoms with Gasteiger partial charge in [-0.15, -0.1) is 0 Å². The molecule has 0 spiro atoms. The molecule has 0 unspecified atom stereocenters. The molecule has 1 heterocycles. The lowest BCUT2D eigenvalue weighted by Crippen LogP contribution is -2.16. The highest BCUT2D eigenvalue weighted by Crippen LogP contribution is 2.17. The predicted molar refractivity (Wildman–Crippen MR) is 75.7 cm³/mol. The maximum absolute atomic E-state index is 12.1. The van der Waals surface area contributed by atoms with Crippen molar-refractivity contribution >= 4 is 37.5 Å². The van der Waals surface area contributed by atoms with Crippen LogP contribution in [0.5, 0.6) is 0 Å². The molecule has 2 rings (SSSR count). The summed E-state index contributed by atoms with van der Waals surface area (Å²) in [4.78, 5) is 6.82. The van der Waals surface area contributed by atoms with Crippen LogP contribution < -0.4 is 9.86 Å². The average Bonchev–Trinajstić information content (AvgIpc) is 2.40. The van der Waals surface area contributed by atoms with Crippen molar-refractivity contribution < 1.29 is 16.8 Å². The van der Waals surface area contributed by atoms with E-state index in [1.165, 1.54) is 24.4 Å². The molecule has 0 fully saturated rings. The van der Waals surface area contributed by atoms with Gasteiger partial charge in [0.1, 0.15) is 5.15 Å². The van der Waals surface area contributed by atoms with Gasteiger partial charge >= 0.3 is 0 Å². The lowest BCUT2D eigenvalue weighted by molar-refractivity contribution is 0.597. The molecule has 2 aromatic rings. The number of nitrogens with one attached hydrogen (secondary N) is 1. The Bertz CT molecular complexity index is 866. The van der Waals surface area contributed by atoms with E-state index in [0.29, 0.717) is 0 Å². The molecule has 0 saturated heterocycles. The number of hydrogen-bond acceptors (Lipinski definition) is 6.